The van der Waals surface area contributed by atoms with Gasteiger partial charge in [0.1, 0.15) is 16.7 Å². The molecule has 0 saturated heterocycles. The SMILES string of the molecule is CC(C)(C)OC(=O)NN(C(=O)OC(C)(C)C)[C@@](C)(C=O)c1ccc(Br)cc1. The molecule has 0 radical (unpaired) electrons. The van der Waals surface area contributed by atoms with Crippen LogP contribution in [0.15, 0.2) is 28.7 Å². The van der Waals surface area contributed by atoms with E-state index in [1.807, 2.05) is 0 Å². The van der Waals surface area contributed by atoms with E-state index in [0.717, 1.165) is 9.48 Å². The maximum Gasteiger partial charge on any atom is 0.430 e. The molecule has 8 heteroatoms. The number of aldehydes is 1. The molecule has 0 spiro atoms. The summed E-state index contributed by atoms with van der Waals surface area (Å²) in [6.45, 7) is 11.6. The molecule has 1 atom stereocenters. The lowest BCUT2D eigenvalue weighted by atomic mass is 9.93. The van der Waals surface area contributed by atoms with E-state index < -0.39 is 28.9 Å². The molecule has 0 saturated carbocycles. The van der Waals surface area contributed by atoms with Gasteiger partial charge in [-0.15, -0.1) is 0 Å². The molecule has 150 valence electrons. The summed E-state index contributed by atoms with van der Waals surface area (Å²) in [5.74, 6) is 0. The third-order valence-corrected chi connectivity index (χ3v) is 3.83. The fraction of sp³-hybridized carbons (Fsp3) is 0.526. The maximum atomic E-state index is 12.8. The van der Waals surface area contributed by atoms with Gasteiger partial charge >= 0.3 is 12.2 Å². The Bertz CT molecular complexity index is 692. The van der Waals surface area contributed by atoms with Crippen molar-refractivity contribution in [3.05, 3.63) is 34.3 Å². The number of hydrazine groups is 1. The average molecular weight is 443 g/mol. The highest BCUT2D eigenvalue weighted by molar-refractivity contribution is 9.10. The molecule has 0 aliphatic heterocycles. The van der Waals surface area contributed by atoms with Crippen molar-refractivity contribution in [1.82, 2.24) is 10.4 Å². The number of amides is 2. The summed E-state index contributed by atoms with van der Waals surface area (Å²) in [6.07, 6.45) is -1.19. The largest absolute Gasteiger partial charge is 0.443 e. The summed E-state index contributed by atoms with van der Waals surface area (Å²) in [5, 5.41) is 0.850. The van der Waals surface area contributed by atoms with Crippen LogP contribution >= 0.6 is 15.9 Å². The highest BCUT2D eigenvalue weighted by atomic mass is 79.9. The van der Waals surface area contributed by atoms with Gasteiger partial charge in [-0.25, -0.2) is 15.0 Å². The minimum atomic E-state index is -1.51. The van der Waals surface area contributed by atoms with Crippen LogP contribution < -0.4 is 5.43 Å². The van der Waals surface area contributed by atoms with E-state index in [4.69, 9.17) is 9.47 Å². The highest BCUT2D eigenvalue weighted by Gasteiger charge is 2.41. The van der Waals surface area contributed by atoms with Crippen molar-refractivity contribution in [2.24, 2.45) is 0 Å². The first-order valence-corrected chi connectivity index (χ1v) is 9.22. The van der Waals surface area contributed by atoms with Gasteiger partial charge in [0.05, 0.1) is 0 Å². The number of rotatable bonds is 3. The summed E-state index contributed by atoms with van der Waals surface area (Å²) in [7, 11) is 0. The van der Waals surface area contributed by atoms with Crippen LogP contribution in [-0.2, 0) is 19.8 Å². The Morgan fingerprint density at radius 1 is 0.963 bits per heavy atom. The van der Waals surface area contributed by atoms with E-state index in [9.17, 15) is 14.4 Å². The Kier molecular flexibility index (Phi) is 7.05. The third kappa shape index (κ3) is 6.86. The van der Waals surface area contributed by atoms with Crippen molar-refractivity contribution >= 4 is 34.4 Å². The second-order valence-corrected chi connectivity index (χ2v) is 9.12. The molecule has 1 aromatic rings. The van der Waals surface area contributed by atoms with Gasteiger partial charge in [-0.1, -0.05) is 28.1 Å². The van der Waals surface area contributed by atoms with Gasteiger partial charge < -0.3 is 14.3 Å². The predicted octanol–water partition coefficient (Wildman–Crippen LogP) is 4.54. The smallest absolute Gasteiger partial charge is 0.430 e. The maximum absolute atomic E-state index is 12.8. The zero-order chi connectivity index (χ0) is 21.0. The Balaban J connectivity index is 3.31. The Hall–Kier alpha value is -2.09. The standard InChI is InChI=1S/C19H27BrN2O5/c1-17(2,3)26-15(24)21-22(16(25)27-18(4,5)6)19(7,12-23)13-8-10-14(20)11-9-13/h8-12H,1-7H3,(H,21,24)/t19-/m0/s1. The number of ether oxygens (including phenoxy) is 2. The van der Waals surface area contributed by atoms with E-state index in [-0.39, 0.29) is 0 Å². The Morgan fingerprint density at radius 3 is 1.85 bits per heavy atom. The monoisotopic (exact) mass is 442 g/mol. The van der Waals surface area contributed by atoms with Crippen LogP contribution in [0, 0.1) is 0 Å². The van der Waals surface area contributed by atoms with E-state index in [2.05, 4.69) is 21.4 Å². The quantitative estimate of drug-likeness (QED) is 0.548. The van der Waals surface area contributed by atoms with Crippen molar-refractivity contribution < 1.29 is 23.9 Å². The number of hydrogen-bond donors (Lipinski definition) is 1. The van der Waals surface area contributed by atoms with Crippen LogP contribution in [0.1, 0.15) is 54.0 Å². The van der Waals surface area contributed by atoms with E-state index in [0.29, 0.717) is 11.8 Å². The van der Waals surface area contributed by atoms with E-state index >= 15 is 0 Å². The Morgan fingerprint density at radius 2 is 1.44 bits per heavy atom. The molecule has 0 heterocycles. The van der Waals surface area contributed by atoms with Crippen molar-refractivity contribution in [3.8, 4) is 0 Å². The zero-order valence-corrected chi connectivity index (χ0v) is 18.3. The molecule has 0 bridgehead atoms. The summed E-state index contributed by atoms with van der Waals surface area (Å²) in [4.78, 5) is 37.1. The minimum absolute atomic E-state index is 0.489. The lowest BCUT2D eigenvalue weighted by molar-refractivity contribution is -0.120. The van der Waals surface area contributed by atoms with Crippen LogP contribution in [0.2, 0.25) is 0 Å². The number of nitrogens with zero attached hydrogens (tertiary/aromatic N) is 1. The first-order valence-electron chi connectivity index (χ1n) is 8.43. The summed E-state index contributed by atoms with van der Waals surface area (Å²) < 4.78 is 11.4. The number of carbonyl (C=O) groups is 3. The molecule has 1 N–H and O–H groups in total. The minimum Gasteiger partial charge on any atom is -0.443 e. The third-order valence-electron chi connectivity index (χ3n) is 3.30. The van der Waals surface area contributed by atoms with E-state index in [1.54, 1.807) is 65.8 Å². The van der Waals surface area contributed by atoms with Gasteiger partial charge in [-0.05, 0) is 66.2 Å². The fourth-order valence-corrected chi connectivity index (χ4v) is 2.35. The first-order chi connectivity index (χ1) is 12.2. The molecule has 1 rings (SSSR count). The zero-order valence-electron chi connectivity index (χ0n) is 16.8. The molecule has 0 aliphatic rings. The Labute approximate surface area is 168 Å². The van der Waals surface area contributed by atoms with Gasteiger partial charge in [0.2, 0.25) is 0 Å². The van der Waals surface area contributed by atoms with Crippen LogP contribution in [0.3, 0.4) is 0 Å². The molecule has 27 heavy (non-hydrogen) atoms. The van der Waals surface area contributed by atoms with Gasteiger partial charge in [0, 0.05) is 4.47 Å². The normalized spacial score (nSPS) is 13.9. The average Bonchev–Trinajstić information content (AvgIpc) is 2.49. The molecule has 7 nitrogen and oxygen atoms in total. The number of halogens is 1. The lowest BCUT2D eigenvalue weighted by Crippen LogP contribution is -2.59. The fourth-order valence-electron chi connectivity index (χ4n) is 2.09. The van der Waals surface area contributed by atoms with Crippen molar-refractivity contribution in [1.29, 1.82) is 0 Å². The molecule has 2 amide bonds. The highest BCUT2D eigenvalue weighted by Crippen LogP contribution is 2.28. The lowest BCUT2D eigenvalue weighted by Gasteiger charge is -2.38. The van der Waals surface area contributed by atoms with E-state index in [1.165, 1.54) is 6.92 Å². The molecule has 0 aromatic heterocycles. The molecule has 0 aliphatic carbocycles. The van der Waals surface area contributed by atoms with Crippen LogP contribution in [0.5, 0.6) is 0 Å². The van der Waals surface area contributed by atoms with Crippen molar-refractivity contribution in [2.75, 3.05) is 0 Å². The summed E-state index contributed by atoms with van der Waals surface area (Å²) >= 11 is 3.33. The van der Waals surface area contributed by atoms with Gasteiger partial charge in [-0.2, -0.15) is 5.01 Å². The first kappa shape index (κ1) is 23.0. The van der Waals surface area contributed by atoms with Gasteiger partial charge in [-0.3, -0.25) is 0 Å². The van der Waals surface area contributed by atoms with Crippen molar-refractivity contribution in [2.45, 2.75) is 65.2 Å². The van der Waals surface area contributed by atoms with Crippen LogP contribution in [0.25, 0.3) is 0 Å². The van der Waals surface area contributed by atoms with Crippen LogP contribution in [0.4, 0.5) is 9.59 Å². The van der Waals surface area contributed by atoms with Crippen LogP contribution in [-0.4, -0.2) is 34.7 Å². The molecular formula is C19H27BrN2O5. The topological polar surface area (TPSA) is 84.9 Å². The predicted molar refractivity (Wildman–Crippen MR) is 105 cm³/mol. The summed E-state index contributed by atoms with van der Waals surface area (Å²) in [5.41, 5.74) is -0.274. The second kappa shape index (κ2) is 8.29. The number of hydrogen-bond acceptors (Lipinski definition) is 5. The molecular weight excluding hydrogens is 416 g/mol. The second-order valence-electron chi connectivity index (χ2n) is 8.20. The summed E-state index contributed by atoms with van der Waals surface area (Å²) in [6, 6.07) is 6.81. The molecule has 1 aromatic carbocycles. The molecule has 0 unspecified atom stereocenters. The van der Waals surface area contributed by atoms with Gasteiger partial charge in [0.25, 0.3) is 0 Å². The number of carbonyl (C=O) groups excluding carboxylic acids is 3. The van der Waals surface area contributed by atoms with Crippen molar-refractivity contribution in [3.63, 3.8) is 0 Å². The van der Waals surface area contributed by atoms with Gasteiger partial charge in [0.15, 0.2) is 6.29 Å². The number of benzene rings is 1. The number of nitrogens with one attached hydrogen (secondary N) is 1. The molecule has 0 fully saturated rings.